The number of rotatable bonds is 8. The fourth-order valence-electron chi connectivity index (χ4n) is 3.69. The van der Waals surface area contributed by atoms with Crippen LogP contribution in [0.4, 0.5) is 0 Å². The van der Waals surface area contributed by atoms with Crippen molar-refractivity contribution in [1.82, 2.24) is 19.4 Å². The molecule has 24 heavy (non-hydrogen) atoms. The molecule has 0 amide bonds. The maximum atomic E-state index is 12.3. The van der Waals surface area contributed by atoms with Crippen molar-refractivity contribution in [2.75, 3.05) is 13.1 Å². The van der Waals surface area contributed by atoms with E-state index in [1.54, 1.807) is 0 Å². The lowest BCUT2D eigenvalue weighted by Gasteiger charge is -2.19. The van der Waals surface area contributed by atoms with E-state index in [2.05, 4.69) is 34.8 Å². The molecule has 0 unspecified atom stereocenters. The van der Waals surface area contributed by atoms with Gasteiger partial charge in [-0.2, -0.15) is 5.10 Å². The number of likely N-dealkylation sites (tertiary alicyclic amines) is 1. The van der Waals surface area contributed by atoms with E-state index in [1.807, 2.05) is 11.6 Å². The summed E-state index contributed by atoms with van der Waals surface area (Å²) in [5.74, 6) is 0.407. The highest BCUT2D eigenvalue weighted by atomic mass is 32.2. The molecular weight excluding hydrogens is 324 g/mol. The summed E-state index contributed by atoms with van der Waals surface area (Å²) in [5, 5.41) is 4.37. The van der Waals surface area contributed by atoms with E-state index in [0.29, 0.717) is 5.92 Å². The van der Waals surface area contributed by atoms with Gasteiger partial charge in [-0.3, -0.25) is 9.58 Å². The quantitative estimate of drug-likeness (QED) is 0.774. The summed E-state index contributed by atoms with van der Waals surface area (Å²) in [7, 11) is -3.12. The van der Waals surface area contributed by atoms with Gasteiger partial charge in [0.2, 0.25) is 10.0 Å². The van der Waals surface area contributed by atoms with Crippen LogP contribution in [0.5, 0.6) is 0 Å². The normalized spacial score (nSPS) is 25.5. The second kappa shape index (κ2) is 7.14. The number of nitrogens with one attached hydrogen (secondary N) is 1. The third kappa shape index (κ3) is 4.00. The van der Waals surface area contributed by atoms with Crippen LogP contribution in [0.2, 0.25) is 0 Å². The van der Waals surface area contributed by atoms with Crippen LogP contribution in [0.3, 0.4) is 0 Å². The van der Waals surface area contributed by atoms with E-state index in [1.165, 1.54) is 5.56 Å². The van der Waals surface area contributed by atoms with Crippen LogP contribution in [0.25, 0.3) is 0 Å². The molecule has 0 spiro atoms. The van der Waals surface area contributed by atoms with Crippen molar-refractivity contribution in [3.8, 4) is 0 Å². The number of sulfonamides is 1. The van der Waals surface area contributed by atoms with Crippen LogP contribution < -0.4 is 4.72 Å². The van der Waals surface area contributed by atoms with Crippen molar-refractivity contribution >= 4 is 10.0 Å². The highest BCUT2D eigenvalue weighted by molar-refractivity contribution is 7.90. The standard InChI is InChI=1S/C17H30N4O2S/c1-4-6-14-9-20(10-15-11-21(5-2)18-13(15)3)12-17(14)19-24(22,23)16-7-8-16/h11,14,16-17,19H,4-10,12H2,1-3H3/t14-,17-/m0/s1. The van der Waals surface area contributed by atoms with Gasteiger partial charge in [0.05, 0.1) is 10.9 Å². The molecule has 1 saturated heterocycles. The minimum atomic E-state index is -3.12. The molecule has 2 heterocycles. The second-order valence-electron chi connectivity index (χ2n) is 7.31. The maximum Gasteiger partial charge on any atom is 0.214 e. The SMILES string of the molecule is CCC[C@H]1CN(Cc2cn(CC)nc2C)C[C@@H]1NS(=O)(=O)C1CC1. The van der Waals surface area contributed by atoms with Gasteiger partial charge in [-0.1, -0.05) is 13.3 Å². The Morgan fingerprint density at radius 2 is 2.04 bits per heavy atom. The molecule has 2 atom stereocenters. The van der Waals surface area contributed by atoms with Gasteiger partial charge >= 0.3 is 0 Å². The van der Waals surface area contributed by atoms with E-state index >= 15 is 0 Å². The summed E-state index contributed by atoms with van der Waals surface area (Å²) >= 11 is 0. The predicted octanol–water partition coefficient (Wildman–Crippen LogP) is 1.89. The monoisotopic (exact) mass is 354 g/mol. The molecule has 136 valence electrons. The lowest BCUT2D eigenvalue weighted by Crippen LogP contribution is -2.42. The fraction of sp³-hybridized carbons (Fsp3) is 0.824. The fourth-order valence-corrected chi connectivity index (χ4v) is 5.33. The number of hydrogen-bond acceptors (Lipinski definition) is 4. The largest absolute Gasteiger partial charge is 0.297 e. The van der Waals surface area contributed by atoms with Crippen LogP contribution >= 0.6 is 0 Å². The van der Waals surface area contributed by atoms with Gasteiger partial charge < -0.3 is 0 Å². The first kappa shape index (κ1) is 17.9. The molecule has 1 aromatic rings. The van der Waals surface area contributed by atoms with Crippen molar-refractivity contribution in [2.24, 2.45) is 5.92 Å². The summed E-state index contributed by atoms with van der Waals surface area (Å²) in [4.78, 5) is 2.38. The van der Waals surface area contributed by atoms with Crippen molar-refractivity contribution in [1.29, 1.82) is 0 Å². The van der Waals surface area contributed by atoms with Gasteiger partial charge in [-0.15, -0.1) is 0 Å². The lowest BCUT2D eigenvalue weighted by atomic mass is 9.99. The van der Waals surface area contributed by atoms with Crippen molar-refractivity contribution < 1.29 is 8.42 Å². The minimum absolute atomic E-state index is 0.0528. The third-order valence-electron chi connectivity index (χ3n) is 5.22. The Bertz CT molecular complexity index is 666. The highest BCUT2D eigenvalue weighted by Gasteiger charge is 2.41. The lowest BCUT2D eigenvalue weighted by molar-refractivity contribution is 0.311. The van der Waals surface area contributed by atoms with Crippen LogP contribution in [-0.2, 0) is 23.1 Å². The Balaban J connectivity index is 1.66. The molecule has 3 rings (SSSR count). The van der Waals surface area contributed by atoms with Gasteiger partial charge in [0.1, 0.15) is 0 Å². The maximum absolute atomic E-state index is 12.3. The first-order chi connectivity index (χ1) is 11.4. The zero-order valence-electron chi connectivity index (χ0n) is 15.0. The zero-order chi connectivity index (χ0) is 17.3. The Hall–Kier alpha value is -0.920. The van der Waals surface area contributed by atoms with Crippen molar-refractivity contribution in [2.45, 2.75) is 70.8 Å². The van der Waals surface area contributed by atoms with Gasteiger partial charge in [-0.25, -0.2) is 13.1 Å². The molecule has 1 aliphatic carbocycles. The Morgan fingerprint density at radius 1 is 1.29 bits per heavy atom. The summed E-state index contributed by atoms with van der Waals surface area (Å²) in [6.45, 7) is 9.80. The summed E-state index contributed by atoms with van der Waals surface area (Å²) in [6, 6.07) is 0.0528. The molecule has 2 aliphatic rings. The summed E-state index contributed by atoms with van der Waals surface area (Å²) in [6.07, 6.45) is 5.92. The molecule has 7 heteroatoms. The molecule has 1 aliphatic heterocycles. The molecular formula is C17H30N4O2S. The molecule has 0 aromatic carbocycles. The highest BCUT2D eigenvalue weighted by Crippen LogP contribution is 2.30. The van der Waals surface area contributed by atoms with Gasteiger partial charge in [-0.05, 0) is 39.0 Å². The van der Waals surface area contributed by atoms with Gasteiger partial charge in [0.25, 0.3) is 0 Å². The third-order valence-corrected chi connectivity index (χ3v) is 7.20. The van der Waals surface area contributed by atoms with Gasteiger partial charge in [0.15, 0.2) is 0 Å². The van der Waals surface area contributed by atoms with Crippen molar-refractivity contribution in [3.05, 3.63) is 17.5 Å². The Morgan fingerprint density at radius 3 is 2.62 bits per heavy atom. The number of hydrogen-bond donors (Lipinski definition) is 1. The van der Waals surface area contributed by atoms with Crippen LogP contribution in [0.15, 0.2) is 6.20 Å². The smallest absolute Gasteiger partial charge is 0.214 e. The minimum Gasteiger partial charge on any atom is -0.297 e. The summed E-state index contributed by atoms with van der Waals surface area (Å²) < 4.78 is 29.6. The first-order valence-electron chi connectivity index (χ1n) is 9.19. The molecule has 6 nitrogen and oxygen atoms in total. The van der Waals surface area contributed by atoms with Crippen LogP contribution in [-0.4, -0.2) is 47.5 Å². The zero-order valence-corrected chi connectivity index (χ0v) is 15.8. The summed E-state index contributed by atoms with van der Waals surface area (Å²) in [5.41, 5.74) is 2.32. The van der Waals surface area contributed by atoms with E-state index < -0.39 is 10.0 Å². The Labute approximate surface area is 145 Å². The first-order valence-corrected chi connectivity index (χ1v) is 10.7. The van der Waals surface area contributed by atoms with E-state index in [0.717, 1.165) is 57.6 Å². The molecule has 1 saturated carbocycles. The predicted molar refractivity (Wildman–Crippen MR) is 95.2 cm³/mol. The second-order valence-corrected chi connectivity index (χ2v) is 9.30. The molecule has 0 bridgehead atoms. The number of aryl methyl sites for hydroxylation is 2. The Kier molecular flexibility index (Phi) is 5.32. The van der Waals surface area contributed by atoms with E-state index in [4.69, 9.17) is 0 Å². The van der Waals surface area contributed by atoms with Crippen LogP contribution in [0.1, 0.15) is 50.8 Å². The topological polar surface area (TPSA) is 67.2 Å². The van der Waals surface area contributed by atoms with Crippen molar-refractivity contribution in [3.63, 3.8) is 0 Å². The van der Waals surface area contributed by atoms with E-state index in [9.17, 15) is 8.42 Å². The average molecular weight is 355 g/mol. The average Bonchev–Trinajstić information content (AvgIpc) is 3.25. The molecule has 2 fully saturated rings. The number of nitrogens with zero attached hydrogens (tertiary/aromatic N) is 3. The van der Waals surface area contributed by atoms with Gasteiger partial charge in [0, 0.05) is 44.0 Å². The molecule has 1 N–H and O–H groups in total. The van der Waals surface area contributed by atoms with E-state index in [-0.39, 0.29) is 11.3 Å². The molecule has 1 aromatic heterocycles. The van der Waals surface area contributed by atoms with Crippen LogP contribution in [0, 0.1) is 12.8 Å². The molecule has 0 radical (unpaired) electrons. The number of aromatic nitrogens is 2.